The minimum Gasteiger partial charge on any atom is -0.489 e. The van der Waals surface area contributed by atoms with Gasteiger partial charge in [-0.1, -0.05) is 42.5 Å². The lowest BCUT2D eigenvalue weighted by Crippen LogP contribution is -2.13. The van der Waals surface area contributed by atoms with Crippen LogP contribution in [0, 0.1) is 29.6 Å². The summed E-state index contributed by atoms with van der Waals surface area (Å²) in [5, 5.41) is 21.2. The van der Waals surface area contributed by atoms with Gasteiger partial charge in [0.05, 0.1) is 11.6 Å². The van der Waals surface area contributed by atoms with Crippen molar-refractivity contribution < 1.29 is 9.53 Å². The summed E-state index contributed by atoms with van der Waals surface area (Å²) in [6.45, 7) is 2.21. The van der Waals surface area contributed by atoms with Gasteiger partial charge in [0, 0.05) is 11.3 Å². The number of rotatable bonds is 6. The molecule has 5 heteroatoms. The third-order valence-corrected chi connectivity index (χ3v) is 4.36. The Labute approximate surface area is 175 Å². The average molecular weight is 393 g/mol. The van der Waals surface area contributed by atoms with Crippen LogP contribution in [-0.2, 0) is 11.4 Å². The van der Waals surface area contributed by atoms with E-state index in [1.54, 1.807) is 36.4 Å². The van der Waals surface area contributed by atoms with Gasteiger partial charge < -0.3 is 10.1 Å². The Bertz CT molecular complexity index is 1170. The molecule has 0 fully saturated rings. The highest BCUT2D eigenvalue weighted by atomic mass is 16.5. The molecule has 3 rings (SSSR count). The number of carbonyl (C=O) groups excluding carboxylic acids is 1. The van der Waals surface area contributed by atoms with Crippen molar-refractivity contribution in [2.24, 2.45) is 0 Å². The molecule has 1 amide bonds. The first kappa shape index (κ1) is 20.4. The summed E-state index contributed by atoms with van der Waals surface area (Å²) in [5.74, 6) is 0.166. The van der Waals surface area contributed by atoms with Crippen molar-refractivity contribution in [2.75, 3.05) is 5.32 Å². The highest BCUT2D eigenvalue weighted by Gasteiger charge is 2.10. The van der Waals surface area contributed by atoms with Gasteiger partial charge in [-0.2, -0.15) is 10.5 Å². The number of aryl methyl sites for hydroxylation is 1. The van der Waals surface area contributed by atoms with E-state index in [1.807, 2.05) is 49.4 Å². The van der Waals surface area contributed by atoms with Gasteiger partial charge in [-0.3, -0.25) is 4.79 Å². The third-order valence-electron chi connectivity index (χ3n) is 4.36. The molecule has 0 aliphatic heterocycles. The number of nitrogens with zero attached hydrogens (tertiary/aromatic N) is 2. The van der Waals surface area contributed by atoms with Crippen LogP contribution in [0.3, 0.4) is 0 Å². The van der Waals surface area contributed by atoms with Crippen LogP contribution in [0.25, 0.3) is 6.08 Å². The number of hydrogen-bond donors (Lipinski definition) is 1. The van der Waals surface area contributed by atoms with Gasteiger partial charge in [0.2, 0.25) is 0 Å². The first-order valence-electron chi connectivity index (χ1n) is 9.30. The second-order valence-corrected chi connectivity index (χ2v) is 6.62. The molecule has 0 saturated heterocycles. The molecule has 0 unspecified atom stereocenters. The largest absolute Gasteiger partial charge is 0.489 e. The van der Waals surface area contributed by atoms with E-state index in [0.29, 0.717) is 22.6 Å². The van der Waals surface area contributed by atoms with Crippen LogP contribution in [0.15, 0.2) is 78.4 Å². The van der Waals surface area contributed by atoms with Crippen LogP contribution in [0.2, 0.25) is 0 Å². The Morgan fingerprint density at radius 2 is 1.80 bits per heavy atom. The zero-order valence-corrected chi connectivity index (χ0v) is 16.4. The van der Waals surface area contributed by atoms with Crippen molar-refractivity contribution in [3.63, 3.8) is 0 Å². The summed E-state index contributed by atoms with van der Waals surface area (Å²) in [6, 6.07) is 25.8. The molecule has 3 aromatic rings. The molecule has 0 saturated carbocycles. The number of carbonyl (C=O) groups is 1. The first-order valence-corrected chi connectivity index (χ1v) is 9.30. The van der Waals surface area contributed by atoms with Crippen molar-refractivity contribution in [2.45, 2.75) is 13.5 Å². The molecule has 1 N–H and O–H groups in total. The fourth-order valence-electron chi connectivity index (χ4n) is 2.81. The van der Waals surface area contributed by atoms with Crippen molar-refractivity contribution >= 4 is 17.7 Å². The number of amides is 1. The Kier molecular flexibility index (Phi) is 6.61. The van der Waals surface area contributed by atoms with Crippen LogP contribution in [0.4, 0.5) is 5.69 Å². The lowest BCUT2D eigenvalue weighted by molar-refractivity contribution is -0.112. The van der Waals surface area contributed by atoms with Crippen molar-refractivity contribution in [3.8, 4) is 17.9 Å². The highest BCUT2D eigenvalue weighted by Crippen LogP contribution is 2.18. The quantitative estimate of drug-likeness (QED) is 0.472. The maximum Gasteiger partial charge on any atom is 0.266 e. The SMILES string of the molecule is Cc1cccc(NC(=O)/C(C#N)=C/c2ccc(OCc3ccccc3C#N)cc2)c1. The summed E-state index contributed by atoms with van der Waals surface area (Å²) < 4.78 is 5.74. The van der Waals surface area contributed by atoms with E-state index in [1.165, 1.54) is 6.08 Å². The van der Waals surface area contributed by atoms with Gasteiger partial charge in [0.25, 0.3) is 5.91 Å². The fourth-order valence-corrected chi connectivity index (χ4v) is 2.81. The van der Waals surface area contributed by atoms with E-state index >= 15 is 0 Å². The van der Waals surface area contributed by atoms with Gasteiger partial charge in [-0.05, 0) is 54.5 Å². The first-order chi connectivity index (χ1) is 14.6. The van der Waals surface area contributed by atoms with E-state index in [-0.39, 0.29) is 12.2 Å². The fraction of sp³-hybridized carbons (Fsp3) is 0.0800. The van der Waals surface area contributed by atoms with Crippen LogP contribution < -0.4 is 10.1 Å². The summed E-state index contributed by atoms with van der Waals surface area (Å²) in [7, 11) is 0. The zero-order valence-electron chi connectivity index (χ0n) is 16.4. The highest BCUT2D eigenvalue weighted by molar-refractivity contribution is 6.09. The molecular weight excluding hydrogens is 374 g/mol. The van der Waals surface area contributed by atoms with E-state index in [2.05, 4.69) is 11.4 Å². The van der Waals surface area contributed by atoms with E-state index < -0.39 is 5.91 Å². The molecule has 0 aliphatic carbocycles. The van der Waals surface area contributed by atoms with Crippen LogP contribution in [0.1, 0.15) is 22.3 Å². The second-order valence-electron chi connectivity index (χ2n) is 6.62. The number of hydrogen-bond acceptors (Lipinski definition) is 4. The smallest absolute Gasteiger partial charge is 0.266 e. The summed E-state index contributed by atoms with van der Waals surface area (Å²) in [5.41, 5.74) is 3.76. The molecule has 146 valence electrons. The molecule has 0 radical (unpaired) electrons. The predicted molar refractivity (Wildman–Crippen MR) is 115 cm³/mol. The molecular formula is C25H19N3O2. The minimum absolute atomic E-state index is 0.00752. The van der Waals surface area contributed by atoms with Gasteiger partial charge in [-0.15, -0.1) is 0 Å². The molecule has 30 heavy (non-hydrogen) atoms. The lowest BCUT2D eigenvalue weighted by Gasteiger charge is -2.08. The Morgan fingerprint density at radius 3 is 2.50 bits per heavy atom. The molecule has 0 bridgehead atoms. The second kappa shape index (κ2) is 9.73. The molecule has 0 heterocycles. The number of benzene rings is 3. The van der Waals surface area contributed by atoms with Gasteiger partial charge in [0.1, 0.15) is 24.0 Å². The van der Waals surface area contributed by atoms with E-state index in [9.17, 15) is 10.1 Å². The standard InChI is InChI=1S/C25H19N3O2/c1-18-5-4-8-23(13-18)28-25(29)22(16-27)14-19-9-11-24(12-10-19)30-17-21-7-3-2-6-20(21)15-26/h2-14H,17H2,1H3,(H,28,29)/b22-14+. The number of nitrogens with one attached hydrogen (secondary N) is 1. The molecule has 0 atom stereocenters. The predicted octanol–water partition coefficient (Wildman–Crippen LogP) is 4.99. The zero-order chi connectivity index (χ0) is 21.3. The van der Waals surface area contributed by atoms with Crippen molar-refractivity contribution in [1.29, 1.82) is 10.5 Å². The van der Waals surface area contributed by atoms with Crippen LogP contribution >= 0.6 is 0 Å². The monoisotopic (exact) mass is 393 g/mol. The summed E-state index contributed by atoms with van der Waals surface area (Å²) in [6.07, 6.45) is 1.53. The Hall–Kier alpha value is -4.35. The molecule has 3 aromatic carbocycles. The number of nitriles is 2. The summed E-state index contributed by atoms with van der Waals surface area (Å²) in [4.78, 5) is 12.4. The maximum atomic E-state index is 12.4. The van der Waals surface area contributed by atoms with Crippen LogP contribution in [-0.4, -0.2) is 5.91 Å². The van der Waals surface area contributed by atoms with Crippen LogP contribution in [0.5, 0.6) is 5.75 Å². The van der Waals surface area contributed by atoms with Crippen molar-refractivity contribution in [3.05, 3.63) is 101 Å². The number of ether oxygens (including phenoxy) is 1. The third kappa shape index (κ3) is 5.34. The minimum atomic E-state index is -0.462. The van der Waals surface area contributed by atoms with Gasteiger partial charge in [0.15, 0.2) is 0 Å². The topological polar surface area (TPSA) is 85.9 Å². The lowest BCUT2D eigenvalue weighted by atomic mass is 10.1. The molecule has 0 aromatic heterocycles. The van der Waals surface area contributed by atoms with Gasteiger partial charge in [-0.25, -0.2) is 0 Å². The number of anilines is 1. The average Bonchev–Trinajstić information content (AvgIpc) is 2.77. The Balaban J connectivity index is 1.67. The maximum absolute atomic E-state index is 12.4. The molecule has 0 spiro atoms. The Morgan fingerprint density at radius 1 is 1.03 bits per heavy atom. The van der Waals surface area contributed by atoms with E-state index in [4.69, 9.17) is 10.00 Å². The molecule has 5 nitrogen and oxygen atoms in total. The van der Waals surface area contributed by atoms with Gasteiger partial charge >= 0.3 is 0 Å². The summed E-state index contributed by atoms with van der Waals surface area (Å²) >= 11 is 0. The normalized spacial score (nSPS) is 10.6. The van der Waals surface area contributed by atoms with Crippen molar-refractivity contribution in [1.82, 2.24) is 0 Å². The molecule has 0 aliphatic rings. The van der Waals surface area contributed by atoms with E-state index in [0.717, 1.165) is 11.1 Å².